The van der Waals surface area contributed by atoms with Gasteiger partial charge in [-0.1, -0.05) is 52.3 Å². The van der Waals surface area contributed by atoms with Gasteiger partial charge in [0.1, 0.15) is 0 Å². The zero-order valence-corrected chi connectivity index (χ0v) is 15.6. The van der Waals surface area contributed by atoms with E-state index in [-0.39, 0.29) is 0 Å². The van der Waals surface area contributed by atoms with Crippen molar-refractivity contribution in [3.63, 3.8) is 0 Å². The van der Waals surface area contributed by atoms with E-state index >= 15 is 0 Å². The minimum Gasteiger partial charge on any atom is -0.385 e. The second kappa shape index (κ2) is 7.79. The summed E-state index contributed by atoms with van der Waals surface area (Å²) in [7, 11) is 0. The maximum absolute atomic E-state index is 10.9. The SMILES string of the molecule is CC(O)(CCN1CCOCC1)c1ccc(-c2ccc(Br)cc2)cc1. The van der Waals surface area contributed by atoms with Crippen molar-refractivity contribution in [2.75, 3.05) is 32.8 Å². The summed E-state index contributed by atoms with van der Waals surface area (Å²) in [5, 5.41) is 10.9. The van der Waals surface area contributed by atoms with Gasteiger partial charge >= 0.3 is 0 Å². The van der Waals surface area contributed by atoms with Gasteiger partial charge in [0.15, 0.2) is 0 Å². The van der Waals surface area contributed by atoms with Gasteiger partial charge in [-0.2, -0.15) is 0 Å². The van der Waals surface area contributed by atoms with Crippen LogP contribution in [0, 0.1) is 0 Å². The molecule has 128 valence electrons. The van der Waals surface area contributed by atoms with Crippen molar-refractivity contribution in [2.24, 2.45) is 0 Å². The smallest absolute Gasteiger partial charge is 0.0880 e. The molecule has 0 bridgehead atoms. The average Bonchev–Trinajstić information content (AvgIpc) is 2.62. The molecule has 1 saturated heterocycles. The zero-order chi connectivity index (χ0) is 17.0. The number of morpholine rings is 1. The van der Waals surface area contributed by atoms with Gasteiger partial charge in [0.25, 0.3) is 0 Å². The van der Waals surface area contributed by atoms with Gasteiger partial charge < -0.3 is 9.84 Å². The molecule has 0 saturated carbocycles. The molecule has 24 heavy (non-hydrogen) atoms. The predicted molar refractivity (Wildman–Crippen MR) is 101 cm³/mol. The number of hydrogen-bond acceptors (Lipinski definition) is 3. The number of nitrogens with zero attached hydrogens (tertiary/aromatic N) is 1. The highest BCUT2D eigenvalue weighted by Gasteiger charge is 2.24. The molecule has 3 rings (SSSR count). The predicted octanol–water partition coefficient (Wildman–Crippen LogP) is 4.05. The standard InChI is InChI=1S/C20H24BrNO2/c1-20(23,10-11-22-12-14-24-15-13-22)18-6-2-16(3-7-18)17-4-8-19(21)9-5-17/h2-9,23H,10-15H2,1H3. The summed E-state index contributed by atoms with van der Waals surface area (Å²) < 4.78 is 6.45. The number of aliphatic hydroxyl groups is 1. The van der Waals surface area contributed by atoms with Crippen molar-refractivity contribution in [3.05, 3.63) is 58.6 Å². The number of benzene rings is 2. The van der Waals surface area contributed by atoms with Gasteiger partial charge in [-0.3, -0.25) is 4.90 Å². The summed E-state index contributed by atoms with van der Waals surface area (Å²) in [6.45, 7) is 6.30. The lowest BCUT2D eigenvalue weighted by Gasteiger charge is -2.31. The molecular weight excluding hydrogens is 366 g/mol. The molecule has 1 aliphatic heterocycles. The zero-order valence-electron chi connectivity index (χ0n) is 14.0. The van der Waals surface area contributed by atoms with E-state index in [2.05, 4.69) is 45.1 Å². The lowest BCUT2D eigenvalue weighted by Crippen LogP contribution is -2.39. The van der Waals surface area contributed by atoms with Gasteiger partial charge in [-0.05, 0) is 42.2 Å². The largest absolute Gasteiger partial charge is 0.385 e. The van der Waals surface area contributed by atoms with Crippen LogP contribution in [0.1, 0.15) is 18.9 Å². The van der Waals surface area contributed by atoms with E-state index in [1.165, 1.54) is 5.56 Å². The first-order valence-electron chi connectivity index (χ1n) is 8.43. The Balaban J connectivity index is 1.65. The second-order valence-corrected chi connectivity index (χ2v) is 7.48. The molecule has 1 atom stereocenters. The third-order valence-corrected chi connectivity index (χ3v) is 5.23. The molecule has 0 radical (unpaired) electrons. The molecule has 1 heterocycles. The first kappa shape index (κ1) is 17.6. The molecule has 1 N–H and O–H groups in total. The van der Waals surface area contributed by atoms with Crippen LogP contribution < -0.4 is 0 Å². The molecule has 0 spiro atoms. The molecular formula is C20H24BrNO2. The van der Waals surface area contributed by atoms with Crippen LogP contribution in [-0.2, 0) is 10.3 Å². The number of halogens is 1. The minimum absolute atomic E-state index is 0.727. The third kappa shape index (κ3) is 4.45. The first-order valence-corrected chi connectivity index (χ1v) is 9.23. The minimum atomic E-state index is -0.809. The lowest BCUT2D eigenvalue weighted by molar-refractivity contribution is 0.00549. The fraction of sp³-hybridized carbons (Fsp3) is 0.400. The molecule has 4 heteroatoms. The van der Waals surface area contributed by atoms with Crippen LogP contribution in [0.25, 0.3) is 11.1 Å². The maximum Gasteiger partial charge on any atom is 0.0880 e. The van der Waals surface area contributed by atoms with E-state index in [1.807, 2.05) is 31.2 Å². The summed E-state index contributed by atoms with van der Waals surface area (Å²) in [6.07, 6.45) is 0.727. The van der Waals surface area contributed by atoms with Crippen molar-refractivity contribution >= 4 is 15.9 Å². The molecule has 2 aromatic rings. The molecule has 1 unspecified atom stereocenters. The molecule has 0 amide bonds. The third-order valence-electron chi connectivity index (χ3n) is 4.70. The van der Waals surface area contributed by atoms with E-state index in [0.29, 0.717) is 0 Å². The van der Waals surface area contributed by atoms with Gasteiger partial charge in [-0.15, -0.1) is 0 Å². The van der Waals surface area contributed by atoms with E-state index in [0.717, 1.165) is 54.9 Å². The normalized spacial score (nSPS) is 18.3. The van der Waals surface area contributed by atoms with Crippen LogP contribution in [0.2, 0.25) is 0 Å². The van der Waals surface area contributed by atoms with Crippen molar-refractivity contribution in [1.82, 2.24) is 4.90 Å². The van der Waals surface area contributed by atoms with Crippen LogP contribution >= 0.6 is 15.9 Å². The van der Waals surface area contributed by atoms with Gasteiger partial charge in [0.2, 0.25) is 0 Å². The highest BCUT2D eigenvalue weighted by atomic mass is 79.9. The Labute approximate surface area is 152 Å². The number of rotatable bonds is 5. The number of ether oxygens (including phenoxy) is 1. The first-order chi connectivity index (χ1) is 11.5. The quantitative estimate of drug-likeness (QED) is 0.836. The van der Waals surface area contributed by atoms with Crippen LogP contribution in [0.5, 0.6) is 0 Å². The Bertz CT molecular complexity index is 646. The van der Waals surface area contributed by atoms with E-state index in [4.69, 9.17) is 4.74 Å². The highest BCUT2D eigenvalue weighted by molar-refractivity contribution is 9.10. The Morgan fingerprint density at radius 2 is 1.54 bits per heavy atom. The maximum atomic E-state index is 10.9. The fourth-order valence-corrected chi connectivity index (χ4v) is 3.27. The molecule has 0 aliphatic carbocycles. The molecule has 1 fully saturated rings. The Hall–Kier alpha value is -1.20. The molecule has 2 aromatic carbocycles. The van der Waals surface area contributed by atoms with Crippen molar-refractivity contribution in [1.29, 1.82) is 0 Å². The number of hydrogen-bond donors (Lipinski definition) is 1. The topological polar surface area (TPSA) is 32.7 Å². The van der Waals surface area contributed by atoms with Crippen LogP contribution in [0.3, 0.4) is 0 Å². The monoisotopic (exact) mass is 389 g/mol. The lowest BCUT2D eigenvalue weighted by atomic mass is 9.91. The second-order valence-electron chi connectivity index (χ2n) is 6.56. The average molecular weight is 390 g/mol. The molecule has 3 nitrogen and oxygen atoms in total. The summed E-state index contributed by atoms with van der Waals surface area (Å²) in [5.41, 5.74) is 2.50. The van der Waals surface area contributed by atoms with E-state index < -0.39 is 5.60 Å². The van der Waals surface area contributed by atoms with Crippen LogP contribution in [0.15, 0.2) is 53.0 Å². The van der Waals surface area contributed by atoms with Gasteiger partial charge in [0.05, 0.1) is 18.8 Å². The van der Waals surface area contributed by atoms with Gasteiger partial charge in [0, 0.05) is 24.1 Å². The van der Waals surface area contributed by atoms with Gasteiger partial charge in [-0.25, -0.2) is 0 Å². The van der Waals surface area contributed by atoms with Crippen molar-refractivity contribution < 1.29 is 9.84 Å². The Morgan fingerprint density at radius 1 is 1.00 bits per heavy atom. The fourth-order valence-electron chi connectivity index (χ4n) is 3.01. The highest BCUT2D eigenvalue weighted by Crippen LogP contribution is 2.28. The molecule has 0 aromatic heterocycles. The van der Waals surface area contributed by atoms with E-state index in [1.54, 1.807) is 0 Å². The summed E-state index contributed by atoms with van der Waals surface area (Å²) in [5.74, 6) is 0. The van der Waals surface area contributed by atoms with Crippen molar-refractivity contribution in [2.45, 2.75) is 18.9 Å². The van der Waals surface area contributed by atoms with E-state index in [9.17, 15) is 5.11 Å². The van der Waals surface area contributed by atoms with Crippen LogP contribution in [-0.4, -0.2) is 42.9 Å². The summed E-state index contributed by atoms with van der Waals surface area (Å²) >= 11 is 3.46. The summed E-state index contributed by atoms with van der Waals surface area (Å²) in [6, 6.07) is 16.5. The Kier molecular flexibility index (Phi) is 5.72. The Morgan fingerprint density at radius 3 is 2.12 bits per heavy atom. The summed E-state index contributed by atoms with van der Waals surface area (Å²) in [4.78, 5) is 2.36. The van der Waals surface area contributed by atoms with Crippen LogP contribution in [0.4, 0.5) is 0 Å². The van der Waals surface area contributed by atoms with Crippen molar-refractivity contribution in [3.8, 4) is 11.1 Å². The molecule has 1 aliphatic rings.